The van der Waals surface area contributed by atoms with Crippen LogP contribution >= 0.6 is 11.6 Å². The topological polar surface area (TPSA) is 73.8 Å². The van der Waals surface area contributed by atoms with E-state index in [0.29, 0.717) is 10.6 Å². The lowest BCUT2D eigenvalue weighted by molar-refractivity contribution is 0.103. The highest BCUT2D eigenvalue weighted by atomic mass is 35.5. The van der Waals surface area contributed by atoms with Gasteiger partial charge in [0.1, 0.15) is 0 Å². The molecule has 0 fully saturated rings. The summed E-state index contributed by atoms with van der Waals surface area (Å²) in [6.45, 7) is 0. The van der Waals surface area contributed by atoms with Crippen molar-refractivity contribution in [1.29, 1.82) is 0 Å². The molecule has 0 atom stereocenters. The number of nitrogens with two attached hydrogens (primary N) is 1. The monoisotopic (exact) mass is 236 g/mol. The minimum Gasteiger partial charge on any atom is -0.380 e. The van der Waals surface area contributed by atoms with E-state index < -0.39 is 0 Å². The third-order valence-corrected chi connectivity index (χ3v) is 2.52. The van der Waals surface area contributed by atoms with Gasteiger partial charge in [-0.05, 0) is 12.1 Å². The highest BCUT2D eigenvalue weighted by Gasteiger charge is 2.20. The maximum Gasteiger partial charge on any atom is 0.216 e. The molecule has 0 aliphatic carbocycles. The Morgan fingerprint density at radius 3 is 2.69 bits per heavy atom. The van der Waals surface area contributed by atoms with Gasteiger partial charge in [-0.15, -0.1) is 5.10 Å². The van der Waals surface area contributed by atoms with Crippen molar-refractivity contribution >= 4 is 23.2 Å². The summed E-state index contributed by atoms with van der Waals surface area (Å²) >= 11 is 5.93. The lowest BCUT2D eigenvalue weighted by Crippen LogP contribution is -2.10. The van der Waals surface area contributed by atoms with E-state index in [1.165, 1.54) is 4.68 Å². The first-order valence-corrected chi connectivity index (χ1v) is 4.93. The molecule has 0 radical (unpaired) electrons. The molecule has 2 rings (SSSR count). The normalized spacial score (nSPS) is 10.4. The second-order valence-corrected chi connectivity index (χ2v) is 3.66. The molecule has 0 spiro atoms. The number of ketones is 1. The highest BCUT2D eigenvalue weighted by molar-refractivity contribution is 6.35. The lowest BCUT2D eigenvalue weighted by Gasteiger charge is -2.03. The molecule has 0 aliphatic rings. The van der Waals surface area contributed by atoms with Crippen molar-refractivity contribution in [3.05, 3.63) is 40.5 Å². The molecule has 2 N–H and O–H groups in total. The van der Waals surface area contributed by atoms with Crippen molar-refractivity contribution in [1.82, 2.24) is 15.0 Å². The lowest BCUT2D eigenvalue weighted by atomic mass is 10.1. The van der Waals surface area contributed by atoms with Crippen LogP contribution in [0, 0.1) is 0 Å². The van der Waals surface area contributed by atoms with Crippen molar-refractivity contribution in [2.24, 2.45) is 7.05 Å². The maximum absolute atomic E-state index is 12.1. The van der Waals surface area contributed by atoms with Crippen LogP contribution in [-0.2, 0) is 7.05 Å². The van der Waals surface area contributed by atoms with Crippen molar-refractivity contribution in [2.75, 3.05) is 5.73 Å². The van der Waals surface area contributed by atoms with Crippen molar-refractivity contribution in [3.8, 4) is 0 Å². The number of aryl methyl sites for hydroxylation is 1. The maximum atomic E-state index is 12.1. The number of hydrogen-bond donors (Lipinski definition) is 1. The fourth-order valence-corrected chi connectivity index (χ4v) is 1.63. The van der Waals surface area contributed by atoms with Gasteiger partial charge in [-0.3, -0.25) is 4.79 Å². The minimum absolute atomic E-state index is 0.104. The second kappa shape index (κ2) is 3.94. The molecule has 1 heterocycles. The summed E-state index contributed by atoms with van der Waals surface area (Å²) in [6, 6.07) is 6.77. The van der Waals surface area contributed by atoms with Crippen LogP contribution in [0.5, 0.6) is 0 Å². The van der Waals surface area contributed by atoms with E-state index in [9.17, 15) is 4.79 Å². The summed E-state index contributed by atoms with van der Waals surface area (Å²) in [7, 11) is 1.60. The van der Waals surface area contributed by atoms with Gasteiger partial charge in [0.25, 0.3) is 0 Å². The van der Waals surface area contributed by atoms with E-state index in [1.807, 2.05) is 0 Å². The molecule has 0 bridgehead atoms. The Morgan fingerprint density at radius 1 is 1.44 bits per heavy atom. The number of carbonyl (C=O) groups is 1. The number of aromatic nitrogens is 3. The van der Waals surface area contributed by atoms with Gasteiger partial charge in [-0.1, -0.05) is 28.9 Å². The zero-order valence-electron chi connectivity index (χ0n) is 8.51. The van der Waals surface area contributed by atoms with Crippen LogP contribution in [0.3, 0.4) is 0 Å². The van der Waals surface area contributed by atoms with Gasteiger partial charge in [0, 0.05) is 12.6 Å². The Morgan fingerprint density at radius 2 is 2.12 bits per heavy atom. The molecule has 0 unspecified atom stereocenters. The molecule has 1 aromatic heterocycles. The van der Waals surface area contributed by atoms with Crippen LogP contribution in [0.4, 0.5) is 5.82 Å². The van der Waals surface area contributed by atoms with Crippen molar-refractivity contribution in [3.63, 3.8) is 0 Å². The summed E-state index contributed by atoms with van der Waals surface area (Å²) in [5.74, 6) is -0.178. The molecule has 1 aromatic carbocycles. The largest absolute Gasteiger partial charge is 0.380 e. The zero-order valence-corrected chi connectivity index (χ0v) is 9.27. The van der Waals surface area contributed by atoms with Crippen LogP contribution in [-0.4, -0.2) is 20.8 Å². The standard InChI is InChI=1S/C10H9ClN4O/c1-15-8(10(12)13-14-15)9(16)6-4-2-3-5-7(6)11/h2-5H,12H2,1H3. The fraction of sp³-hybridized carbons (Fsp3) is 0.100. The van der Waals surface area contributed by atoms with Gasteiger partial charge in [0.15, 0.2) is 11.5 Å². The summed E-state index contributed by atoms with van der Waals surface area (Å²) in [5, 5.41) is 7.67. The summed E-state index contributed by atoms with van der Waals surface area (Å²) in [4.78, 5) is 12.1. The van der Waals surface area contributed by atoms with Crippen LogP contribution in [0.15, 0.2) is 24.3 Å². The Kier molecular flexibility index (Phi) is 2.62. The number of rotatable bonds is 2. The molecule has 82 valence electrons. The Labute approximate surface area is 96.8 Å². The average Bonchev–Trinajstić information content (AvgIpc) is 2.58. The number of benzene rings is 1. The molecule has 16 heavy (non-hydrogen) atoms. The molecule has 0 saturated heterocycles. The third kappa shape index (κ3) is 1.65. The molecule has 0 saturated carbocycles. The Balaban J connectivity index is 2.52. The number of anilines is 1. The van der Waals surface area contributed by atoms with E-state index in [-0.39, 0.29) is 17.3 Å². The predicted molar refractivity (Wildman–Crippen MR) is 60.3 cm³/mol. The molecular weight excluding hydrogens is 228 g/mol. The van der Waals surface area contributed by atoms with Gasteiger partial charge in [-0.25, -0.2) is 4.68 Å². The van der Waals surface area contributed by atoms with Crippen molar-refractivity contribution < 1.29 is 4.79 Å². The second-order valence-electron chi connectivity index (χ2n) is 3.26. The molecular formula is C10H9ClN4O. The average molecular weight is 237 g/mol. The summed E-state index contributed by atoms with van der Waals surface area (Å²) in [6.07, 6.45) is 0. The quantitative estimate of drug-likeness (QED) is 0.798. The summed E-state index contributed by atoms with van der Waals surface area (Å²) < 4.78 is 1.33. The Bertz CT molecular complexity index is 530. The summed E-state index contributed by atoms with van der Waals surface area (Å²) in [5.41, 5.74) is 6.21. The highest BCUT2D eigenvalue weighted by Crippen LogP contribution is 2.20. The van der Waals surface area contributed by atoms with Crippen LogP contribution in [0.2, 0.25) is 5.02 Å². The van der Waals surface area contributed by atoms with Crippen LogP contribution in [0.25, 0.3) is 0 Å². The van der Waals surface area contributed by atoms with Crippen LogP contribution < -0.4 is 5.73 Å². The predicted octanol–water partition coefficient (Wildman–Crippen LogP) is 1.28. The molecule has 0 amide bonds. The third-order valence-electron chi connectivity index (χ3n) is 2.19. The van der Waals surface area contributed by atoms with Gasteiger partial charge in [-0.2, -0.15) is 0 Å². The van der Waals surface area contributed by atoms with Crippen LogP contribution in [0.1, 0.15) is 16.1 Å². The van der Waals surface area contributed by atoms with Gasteiger partial charge >= 0.3 is 0 Å². The van der Waals surface area contributed by atoms with E-state index in [1.54, 1.807) is 31.3 Å². The molecule has 5 nitrogen and oxygen atoms in total. The zero-order chi connectivity index (χ0) is 11.7. The number of halogens is 1. The first-order valence-electron chi connectivity index (χ1n) is 4.55. The molecule has 0 aliphatic heterocycles. The van der Waals surface area contributed by atoms with Gasteiger partial charge in [0.05, 0.1) is 5.02 Å². The number of nitrogen functional groups attached to an aromatic ring is 1. The fourth-order valence-electron chi connectivity index (χ4n) is 1.41. The minimum atomic E-state index is -0.282. The van der Waals surface area contributed by atoms with Gasteiger partial charge in [0.2, 0.25) is 5.78 Å². The first kappa shape index (κ1) is 10.6. The van der Waals surface area contributed by atoms with Crippen molar-refractivity contribution in [2.45, 2.75) is 0 Å². The number of nitrogens with zero attached hydrogens (tertiary/aromatic N) is 3. The van der Waals surface area contributed by atoms with Gasteiger partial charge < -0.3 is 5.73 Å². The number of hydrogen-bond acceptors (Lipinski definition) is 4. The SMILES string of the molecule is Cn1nnc(N)c1C(=O)c1ccccc1Cl. The van der Waals surface area contributed by atoms with E-state index in [2.05, 4.69) is 10.3 Å². The smallest absolute Gasteiger partial charge is 0.216 e. The van der Waals surface area contributed by atoms with E-state index >= 15 is 0 Å². The Hall–Kier alpha value is -1.88. The molecule has 2 aromatic rings. The first-order chi connectivity index (χ1) is 7.61. The molecule has 6 heteroatoms. The number of carbonyl (C=O) groups excluding carboxylic acids is 1. The van der Waals surface area contributed by atoms with E-state index in [0.717, 1.165) is 0 Å². The van der Waals surface area contributed by atoms with E-state index in [4.69, 9.17) is 17.3 Å².